The summed E-state index contributed by atoms with van der Waals surface area (Å²) in [7, 11) is 0. The fraction of sp³-hybridized carbons (Fsp3) is 0.320. The number of aldehydes is 1. The summed E-state index contributed by atoms with van der Waals surface area (Å²) >= 11 is 6.16. The normalized spacial score (nSPS) is 12.6. The predicted octanol–water partition coefficient (Wildman–Crippen LogP) is 4.29. The number of benzene rings is 2. The number of hydrogen-bond acceptors (Lipinski definition) is 7. The zero-order chi connectivity index (χ0) is 28.0. The molecule has 0 atom stereocenters. The first-order valence-corrected chi connectivity index (χ1v) is 11.8. The number of allylic oxidation sites excluding steroid dienone is 1. The lowest BCUT2D eigenvalue weighted by Crippen LogP contribution is -2.31. The van der Waals surface area contributed by atoms with Gasteiger partial charge in [0.2, 0.25) is 17.7 Å². The number of anilines is 1. The van der Waals surface area contributed by atoms with Gasteiger partial charge in [0, 0.05) is 41.6 Å². The van der Waals surface area contributed by atoms with E-state index in [2.05, 4.69) is 5.43 Å². The van der Waals surface area contributed by atoms with Gasteiger partial charge in [-0.2, -0.15) is 4.53 Å². The average molecular weight is 541 g/mol. The molecule has 202 valence electrons. The number of amides is 2. The number of halogens is 3. The lowest BCUT2D eigenvalue weighted by Gasteiger charge is -2.22. The standard InChI is InChI=1S/C18H16ClF2N3O3.C5H9NO2.C2H6/c1-11-2-3-12(18(22)26)8-16(11)24(19)23-17(6-7-25)27-10-13-4-5-14(20)9-15(13)21;1-2-6-5(7)3-4-8-6;1-2/h2-9,23H,10H2,1H3,(H2,22,26);2-4H2,1H3;1-2H3/b17-6+;;. The van der Waals surface area contributed by atoms with Crippen LogP contribution < -0.4 is 15.7 Å². The van der Waals surface area contributed by atoms with Gasteiger partial charge in [0.15, 0.2) is 0 Å². The molecule has 2 aromatic rings. The van der Waals surface area contributed by atoms with Gasteiger partial charge in [0.25, 0.3) is 0 Å². The van der Waals surface area contributed by atoms with Gasteiger partial charge in [-0.25, -0.2) is 13.8 Å². The van der Waals surface area contributed by atoms with E-state index in [9.17, 15) is 23.2 Å². The van der Waals surface area contributed by atoms with Crippen LogP contribution in [0, 0.1) is 18.6 Å². The Morgan fingerprint density at radius 1 is 1.27 bits per heavy atom. The Kier molecular flexibility index (Phi) is 13.7. The zero-order valence-electron chi connectivity index (χ0n) is 21.1. The van der Waals surface area contributed by atoms with Crippen LogP contribution in [0.15, 0.2) is 48.4 Å². The average Bonchev–Trinajstić information content (AvgIpc) is 3.30. The highest BCUT2D eigenvalue weighted by atomic mass is 35.5. The van der Waals surface area contributed by atoms with Crippen LogP contribution in [0.2, 0.25) is 0 Å². The number of carbonyl (C=O) groups excluding carboxylic acids is 3. The molecule has 1 aliphatic rings. The lowest BCUT2D eigenvalue weighted by molar-refractivity contribution is -0.160. The van der Waals surface area contributed by atoms with Gasteiger partial charge in [0.1, 0.15) is 24.5 Å². The van der Waals surface area contributed by atoms with E-state index in [0.29, 0.717) is 37.1 Å². The second kappa shape index (κ2) is 16.1. The van der Waals surface area contributed by atoms with Gasteiger partial charge < -0.3 is 10.5 Å². The first kappa shape index (κ1) is 31.3. The van der Waals surface area contributed by atoms with Crippen molar-refractivity contribution >= 4 is 35.6 Å². The van der Waals surface area contributed by atoms with Crippen LogP contribution >= 0.6 is 11.8 Å². The number of primary amides is 1. The van der Waals surface area contributed by atoms with Crippen LogP contribution in [0.1, 0.15) is 48.7 Å². The predicted molar refractivity (Wildman–Crippen MR) is 136 cm³/mol. The summed E-state index contributed by atoms with van der Waals surface area (Å²) in [5.74, 6) is -2.11. The van der Waals surface area contributed by atoms with Gasteiger partial charge in [-0.1, -0.05) is 19.9 Å². The minimum absolute atomic E-state index is 0.0861. The summed E-state index contributed by atoms with van der Waals surface area (Å²) in [6, 6.07) is 7.68. The summed E-state index contributed by atoms with van der Waals surface area (Å²) in [5.41, 5.74) is 9.27. The van der Waals surface area contributed by atoms with Crippen LogP contribution in [0.3, 0.4) is 0 Å². The first-order chi connectivity index (χ1) is 17.7. The second-order valence-corrected chi connectivity index (χ2v) is 7.46. The fourth-order valence-corrected chi connectivity index (χ4v) is 3.08. The van der Waals surface area contributed by atoms with E-state index in [0.717, 1.165) is 22.7 Å². The van der Waals surface area contributed by atoms with Crippen LogP contribution in [-0.4, -0.2) is 36.3 Å². The third-order valence-electron chi connectivity index (χ3n) is 4.66. The number of ether oxygens (including phenoxy) is 1. The minimum Gasteiger partial charge on any atom is -0.473 e. The Morgan fingerprint density at radius 3 is 2.49 bits per heavy atom. The molecule has 1 aliphatic heterocycles. The molecule has 2 aromatic carbocycles. The topological polar surface area (TPSA) is 114 Å². The van der Waals surface area contributed by atoms with Crippen molar-refractivity contribution in [2.45, 2.75) is 40.7 Å². The number of nitrogens with zero attached hydrogens (tertiary/aromatic N) is 2. The largest absolute Gasteiger partial charge is 0.473 e. The number of hydrazine groups is 1. The minimum atomic E-state index is -0.784. The maximum absolute atomic E-state index is 13.7. The van der Waals surface area contributed by atoms with E-state index in [1.807, 2.05) is 20.8 Å². The van der Waals surface area contributed by atoms with E-state index in [4.69, 9.17) is 27.1 Å². The molecular formula is C25H31ClF2N4O5. The molecule has 1 heterocycles. The van der Waals surface area contributed by atoms with E-state index in [1.54, 1.807) is 19.1 Å². The summed E-state index contributed by atoms with van der Waals surface area (Å²) in [6.07, 6.45) is 2.03. The van der Waals surface area contributed by atoms with Crippen LogP contribution in [0.25, 0.3) is 0 Å². The highest BCUT2D eigenvalue weighted by molar-refractivity contribution is 6.25. The van der Waals surface area contributed by atoms with Crippen molar-refractivity contribution in [1.29, 1.82) is 0 Å². The second-order valence-electron chi connectivity index (χ2n) is 7.12. The highest BCUT2D eigenvalue weighted by Crippen LogP contribution is 2.23. The van der Waals surface area contributed by atoms with Gasteiger partial charge in [-0.15, -0.1) is 0 Å². The zero-order valence-corrected chi connectivity index (χ0v) is 21.9. The molecule has 3 N–H and O–H groups in total. The first-order valence-electron chi connectivity index (χ1n) is 11.4. The molecule has 0 unspecified atom stereocenters. The Labute approximate surface area is 219 Å². The third kappa shape index (κ3) is 10.1. The molecule has 0 radical (unpaired) electrons. The molecule has 3 rings (SSSR count). The molecule has 9 nitrogen and oxygen atoms in total. The molecule has 1 fully saturated rings. The number of hydroxylamine groups is 2. The van der Waals surface area contributed by atoms with Crippen molar-refractivity contribution in [1.82, 2.24) is 10.5 Å². The molecule has 0 spiro atoms. The number of carbonyl (C=O) groups is 3. The molecule has 0 bridgehead atoms. The van der Waals surface area contributed by atoms with Crippen molar-refractivity contribution in [3.8, 4) is 0 Å². The lowest BCUT2D eigenvalue weighted by atomic mass is 10.1. The number of nitrogens with one attached hydrogen (secondary N) is 1. The van der Waals surface area contributed by atoms with E-state index in [-0.39, 0.29) is 29.5 Å². The molecule has 1 saturated heterocycles. The van der Waals surface area contributed by atoms with E-state index in [1.165, 1.54) is 17.2 Å². The highest BCUT2D eigenvalue weighted by Gasteiger charge is 2.18. The van der Waals surface area contributed by atoms with Crippen molar-refractivity contribution in [3.63, 3.8) is 0 Å². The quantitative estimate of drug-likeness (QED) is 0.160. The molecule has 12 heteroatoms. The summed E-state index contributed by atoms with van der Waals surface area (Å²) < 4.78 is 33.0. The maximum atomic E-state index is 13.7. The van der Waals surface area contributed by atoms with Crippen molar-refractivity contribution in [2.24, 2.45) is 5.73 Å². The summed E-state index contributed by atoms with van der Waals surface area (Å²) in [5, 5.41) is 1.39. The monoisotopic (exact) mass is 540 g/mol. The van der Waals surface area contributed by atoms with E-state index < -0.39 is 17.5 Å². The molecule has 0 aromatic heterocycles. The number of aryl methyl sites for hydroxylation is 1. The summed E-state index contributed by atoms with van der Waals surface area (Å²) in [6.45, 7) is 8.59. The molecule has 37 heavy (non-hydrogen) atoms. The van der Waals surface area contributed by atoms with Gasteiger partial charge in [0.05, 0.1) is 18.7 Å². The Hall–Kier alpha value is -3.70. The molecule has 2 amide bonds. The van der Waals surface area contributed by atoms with Crippen LogP contribution in [-0.2, 0) is 25.8 Å². The number of hydrogen-bond donors (Lipinski definition) is 2. The fourth-order valence-electron chi connectivity index (χ4n) is 2.81. The van der Waals surface area contributed by atoms with Crippen molar-refractivity contribution in [2.75, 3.05) is 17.7 Å². The SMILES string of the molecule is CC.CCN1OCCC1=O.Cc1ccc(C(N)=O)cc1N(Cl)N/C(=C\C=O)OCc1ccc(F)cc1F. The summed E-state index contributed by atoms with van der Waals surface area (Å²) in [4.78, 5) is 37.7. The van der Waals surface area contributed by atoms with Gasteiger partial charge in [-0.3, -0.25) is 24.6 Å². The molecule has 0 saturated carbocycles. The van der Waals surface area contributed by atoms with Crippen molar-refractivity contribution in [3.05, 3.63) is 76.7 Å². The third-order valence-corrected chi connectivity index (χ3v) is 4.93. The smallest absolute Gasteiger partial charge is 0.248 e. The van der Waals surface area contributed by atoms with Gasteiger partial charge >= 0.3 is 0 Å². The Morgan fingerprint density at radius 2 is 1.97 bits per heavy atom. The molecular weight excluding hydrogens is 510 g/mol. The van der Waals surface area contributed by atoms with Crippen LogP contribution in [0.5, 0.6) is 0 Å². The van der Waals surface area contributed by atoms with Crippen molar-refractivity contribution < 1.29 is 32.7 Å². The maximum Gasteiger partial charge on any atom is 0.248 e. The Bertz CT molecular complexity index is 1100. The Balaban J connectivity index is 0.000000574. The van der Waals surface area contributed by atoms with Gasteiger partial charge in [-0.05, 0) is 43.7 Å². The number of nitrogens with two attached hydrogens (primary N) is 1. The van der Waals surface area contributed by atoms with Crippen LogP contribution in [0.4, 0.5) is 14.5 Å². The van der Waals surface area contributed by atoms with E-state index >= 15 is 0 Å². The number of rotatable bonds is 9. The molecule has 0 aliphatic carbocycles.